The third-order valence-electron chi connectivity index (χ3n) is 3.91. The van der Waals surface area contributed by atoms with Gasteiger partial charge in [0.15, 0.2) is 11.3 Å². The molecule has 0 aromatic heterocycles. The molecule has 8 heteroatoms. The molecule has 5 nitrogen and oxygen atoms in total. The summed E-state index contributed by atoms with van der Waals surface area (Å²) in [7, 11) is 0. The molecule has 4 rings (SSSR count). The summed E-state index contributed by atoms with van der Waals surface area (Å²) in [4.78, 5) is 17.6. The van der Waals surface area contributed by atoms with E-state index in [0.29, 0.717) is 15.9 Å². The van der Waals surface area contributed by atoms with Gasteiger partial charge in [0, 0.05) is 14.7 Å². The highest BCUT2D eigenvalue weighted by molar-refractivity contribution is 9.10. The number of carbonyl (C=O) groups excluding carboxylic acids is 1. The minimum absolute atomic E-state index is 0.194. The van der Waals surface area contributed by atoms with E-state index < -0.39 is 6.17 Å². The van der Waals surface area contributed by atoms with Gasteiger partial charge in [0.05, 0.1) is 5.36 Å². The molecule has 0 saturated carbocycles. The summed E-state index contributed by atoms with van der Waals surface area (Å²) in [6, 6.07) is 13.1. The molecule has 0 saturated heterocycles. The maximum absolute atomic E-state index is 12.7. The lowest BCUT2D eigenvalue weighted by molar-refractivity contribution is -0.116. The summed E-state index contributed by atoms with van der Waals surface area (Å²) >= 11 is 11.0. The molecule has 2 aliphatic heterocycles. The average Bonchev–Trinajstić information content (AvgIpc) is 2.60. The lowest BCUT2D eigenvalue weighted by Gasteiger charge is -2.34. The van der Waals surface area contributed by atoms with Crippen molar-refractivity contribution in [3.8, 4) is 0 Å². The van der Waals surface area contributed by atoms with Gasteiger partial charge in [0.1, 0.15) is 5.70 Å². The van der Waals surface area contributed by atoms with E-state index in [1.165, 1.54) is 11.8 Å². The van der Waals surface area contributed by atoms with Crippen LogP contribution in [-0.4, -0.2) is 22.3 Å². The zero-order valence-electron chi connectivity index (χ0n) is 13.0. The van der Waals surface area contributed by atoms with Crippen LogP contribution in [0, 0.1) is 0 Å². The van der Waals surface area contributed by atoms with E-state index in [4.69, 9.17) is 16.6 Å². The van der Waals surface area contributed by atoms with Crippen LogP contribution in [0.2, 0.25) is 5.02 Å². The SMILES string of the molecule is CSC1=NN2C(=c3cc(Br)ccc3=NC2c2cccc(Cl)c2)C(=O)N1. The van der Waals surface area contributed by atoms with Gasteiger partial charge < -0.3 is 0 Å². The van der Waals surface area contributed by atoms with Crippen molar-refractivity contribution >= 4 is 56.1 Å². The molecular formula is C17H12BrClN4OS. The van der Waals surface area contributed by atoms with Crippen molar-refractivity contribution in [1.82, 2.24) is 10.3 Å². The number of carbonyl (C=O) groups is 1. The first-order chi connectivity index (χ1) is 12.1. The molecule has 1 unspecified atom stereocenters. The highest BCUT2D eigenvalue weighted by atomic mass is 79.9. The van der Waals surface area contributed by atoms with Crippen molar-refractivity contribution in [3.05, 3.63) is 68.1 Å². The second-order valence-corrected chi connectivity index (χ2v) is 7.62. The number of thioether (sulfide) groups is 1. The van der Waals surface area contributed by atoms with Crippen molar-refractivity contribution in [2.75, 3.05) is 6.26 Å². The summed E-state index contributed by atoms with van der Waals surface area (Å²) in [5, 5.41) is 11.7. The number of fused-ring (bicyclic) bond motifs is 2. The second kappa shape index (κ2) is 6.48. The maximum Gasteiger partial charge on any atom is 0.276 e. The first-order valence-corrected chi connectivity index (χ1v) is 9.83. The van der Waals surface area contributed by atoms with E-state index in [1.807, 2.05) is 48.7 Å². The Balaban J connectivity index is 2.01. The first-order valence-electron chi connectivity index (χ1n) is 7.43. The van der Waals surface area contributed by atoms with Crippen LogP contribution in [0.15, 0.2) is 57.0 Å². The van der Waals surface area contributed by atoms with Gasteiger partial charge in [0.25, 0.3) is 5.91 Å². The Morgan fingerprint density at radius 1 is 1.28 bits per heavy atom. The quantitative estimate of drug-likeness (QED) is 0.749. The lowest BCUT2D eigenvalue weighted by atomic mass is 10.1. The molecule has 1 atom stereocenters. The van der Waals surface area contributed by atoms with Gasteiger partial charge in [-0.1, -0.05) is 51.4 Å². The molecule has 0 spiro atoms. The molecule has 0 aliphatic carbocycles. The Labute approximate surface area is 161 Å². The molecule has 25 heavy (non-hydrogen) atoms. The molecule has 1 N–H and O–H groups in total. The number of hydrazone groups is 1. The standard InChI is InChI=1S/C17H12BrClN4OS/c1-25-17-21-16(24)14-12-8-10(18)5-6-13(12)20-15(23(14)22-17)9-3-2-4-11(19)7-9/h2-8,15H,1H3,(H,21,22,24). The van der Waals surface area contributed by atoms with Crippen LogP contribution in [0.4, 0.5) is 0 Å². The highest BCUT2D eigenvalue weighted by Crippen LogP contribution is 2.31. The molecule has 1 amide bonds. The normalized spacial score (nSPS) is 18.8. The monoisotopic (exact) mass is 434 g/mol. The van der Waals surface area contributed by atoms with E-state index in [1.54, 1.807) is 5.01 Å². The summed E-state index contributed by atoms with van der Waals surface area (Å²) < 4.78 is 0.877. The minimum atomic E-state index is -0.449. The number of hydrogen-bond donors (Lipinski definition) is 1. The zero-order chi connectivity index (χ0) is 17.6. The molecule has 0 fully saturated rings. The van der Waals surface area contributed by atoms with Crippen molar-refractivity contribution in [2.24, 2.45) is 10.1 Å². The highest BCUT2D eigenvalue weighted by Gasteiger charge is 2.34. The number of rotatable bonds is 1. The number of nitrogens with one attached hydrogen (secondary N) is 1. The number of nitrogens with zero attached hydrogens (tertiary/aromatic N) is 3. The maximum atomic E-state index is 12.7. The third kappa shape index (κ3) is 2.96. The number of benzene rings is 2. The van der Waals surface area contributed by atoms with E-state index in [9.17, 15) is 4.79 Å². The topological polar surface area (TPSA) is 57.1 Å². The van der Waals surface area contributed by atoms with Crippen LogP contribution in [0.1, 0.15) is 11.7 Å². The Morgan fingerprint density at radius 3 is 2.88 bits per heavy atom. The fourth-order valence-corrected chi connectivity index (χ4v) is 3.75. The van der Waals surface area contributed by atoms with Crippen LogP contribution in [0.3, 0.4) is 0 Å². The summed E-state index contributed by atoms with van der Waals surface area (Å²) in [5.41, 5.74) is 1.35. The fourth-order valence-electron chi connectivity index (χ4n) is 2.83. The lowest BCUT2D eigenvalue weighted by Crippen LogP contribution is -2.50. The molecular weight excluding hydrogens is 424 g/mol. The van der Waals surface area contributed by atoms with E-state index in [0.717, 1.165) is 20.6 Å². The number of halogens is 2. The molecule has 0 bridgehead atoms. The molecule has 2 aliphatic rings. The molecule has 0 radical (unpaired) electrons. The number of hydrogen-bond acceptors (Lipinski definition) is 5. The van der Waals surface area contributed by atoms with Crippen LogP contribution in [0.25, 0.3) is 5.70 Å². The van der Waals surface area contributed by atoms with Crippen molar-refractivity contribution < 1.29 is 4.79 Å². The van der Waals surface area contributed by atoms with Gasteiger partial charge >= 0.3 is 0 Å². The number of amidine groups is 1. The second-order valence-electron chi connectivity index (χ2n) is 5.48. The van der Waals surface area contributed by atoms with E-state index in [2.05, 4.69) is 26.3 Å². The Hall–Kier alpha value is -1.83. The van der Waals surface area contributed by atoms with Gasteiger partial charge in [0.2, 0.25) is 0 Å². The van der Waals surface area contributed by atoms with E-state index >= 15 is 0 Å². The van der Waals surface area contributed by atoms with Gasteiger partial charge in [-0.25, -0.2) is 5.01 Å². The summed E-state index contributed by atoms with van der Waals surface area (Å²) in [6.07, 6.45) is 1.42. The predicted molar refractivity (Wildman–Crippen MR) is 103 cm³/mol. The summed E-state index contributed by atoms with van der Waals surface area (Å²) in [6.45, 7) is 0. The number of amides is 1. The van der Waals surface area contributed by atoms with Gasteiger partial charge in [-0.3, -0.25) is 15.1 Å². The average molecular weight is 436 g/mol. The van der Waals surface area contributed by atoms with Crippen LogP contribution in [-0.2, 0) is 4.79 Å². The smallest absolute Gasteiger partial charge is 0.276 e. The third-order valence-corrected chi connectivity index (χ3v) is 5.21. The molecule has 2 aromatic carbocycles. The van der Waals surface area contributed by atoms with Crippen molar-refractivity contribution in [2.45, 2.75) is 6.17 Å². The molecule has 126 valence electrons. The summed E-state index contributed by atoms with van der Waals surface area (Å²) in [5.74, 6) is -0.194. The van der Waals surface area contributed by atoms with Crippen molar-refractivity contribution in [3.63, 3.8) is 0 Å². The van der Waals surface area contributed by atoms with Crippen LogP contribution < -0.4 is 15.9 Å². The Kier molecular flexibility index (Phi) is 4.31. The first kappa shape index (κ1) is 16.6. The van der Waals surface area contributed by atoms with E-state index in [-0.39, 0.29) is 5.91 Å². The fraction of sp³-hybridized carbons (Fsp3) is 0.118. The Morgan fingerprint density at radius 2 is 2.12 bits per heavy atom. The van der Waals surface area contributed by atoms with Gasteiger partial charge in [-0.2, -0.15) is 0 Å². The van der Waals surface area contributed by atoms with Crippen molar-refractivity contribution in [1.29, 1.82) is 0 Å². The van der Waals surface area contributed by atoms with Gasteiger partial charge in [-0.15, -0.1) is 5.10 Å². The predicted octanol–water partition coefficient (Wildman–Crippen LogP) is 2.61. The molecule has 2 heterocycles. The minimum Gasteiger partial charge on any atom is -0.298 e. The van der Waals surface area contributed by atoms with Crippen LogP contribution >= 0.6 is 39.3 Å². The van der Waals surface area contributed by atoms with Gasteiger partial charge in [-0.05, 0) is 42.2 Å². The zero-order valence-corrected chi connectivity index (χ0v) is 16.2. The Bertz CT molecular complexity index is 1040. The molecule has 2 aromatic rings. The largest absolute Gasteiger partial charge is 0.298 e. The van der Waals surface area contributed by atoms with Crippen LogP contribution in [0.5, 0.6) is 0 Å².